The molecule has 2 heterocycles. The molecule has 28 heavy (non-hydrogen) atoms. The number of rotatable bonds is 4. The SMILES string of the molecule is COc1nc(C(=CC(=O)N2CCCC2)c2ccc(C(C)(C)C)cc2)ccc1Cl. The minimum absolute atomic E-state index is 0.0168. The summed E-state index contributed by atoms with van der Waals surface area (Å²) in [6.45, 7) is 8.16. The number of nitrogens with zero attached hydrogens (tertiary/aromatic N) is 2. The quantitative estimate of drug-likeness (QED) is 0.673. The summed E-state index contributed by atoms with van der Waals surface area (Å²) in [6, 6.07) is 11.9. The number of hydrogen-bond donors (Lipinski definition) is 0. The fraction of sp³-hybridized carbons (Fsp3) is 0.391. The zero-order chi connectivity index (χ0) is 20.3. The molecule has 0 N–H and O–H groups in total. The first-order valence-corrected chi connectivity index (χ1v) is 10.00. The van der Waals surface area contributed by atoms with Crippen LogP contribution in [0.15, 0.2) is 42.5 Å². The Kier molecular flexibility index (Phi) is 6.09. The van der Waals surface area contributed by atoms with Crippen molar-refractivity contribution in [2.45, 2.75) is 39.0 Å². The molecule has 0 radical (unpaired) electrons. The zero-order valence-corrected chi connectivity index (χ0v) is 17.7. The van der Waals surface area contributed by atoms with Gasteiger partial charge < -0.3 is 9.64 Å². The molecule has 148 valence electrons. The number of carbonyl (C=O) groups excluding carboxylic acids is 1. The number of carbonyl (C=O) groups is 1. The van der Waals surface area contributed by atoms with Crippen LogP contribution in [-0.4, -0.2) is 36.0 Å². The number of pyridine rings is 1. The molecule has 1 aromatic heterocycles. The average molecular weight is 399 g/mol. The van der Waals surface area contributed by atoms with E-state index in [1.165, 1.54) is 12.7 Å². The van der Waals surface area contributed by atoms with Crippen LogP contribution in [0, 0.1) is 0 Å². The first kappa shape index (κ1) is 20.4. The van der Waals surface area contributed by atoms with E-state index in [4.69, 9.17) is 16.3 Å². The van der Waals surface area contributed by atoms with Gasteiger partial charge in [-0.2, -0.15) is 0 Å². The monoisotopic (exact) mass is 398 g/mol. The Morgan fingerprint density at radius 1 is 1.11 bits per heavy atom. The first-order valence-electron chi connectivity index (χ1n) is 9.62. The fourth-order valence-corrected chi connectivity index (χ4v) is 3.51. The summed E-state index contributed by atoms with van der Waals surface area (Å²) in [7, 11) is 1.54. The maximum absolute atomic E-state index is 12.8. The lowest BCUT2D eigenvalue weighted by Gasteiger charge is -2.20. The van der Waals surface area contributed by atoms with Crippen LogP contribution in [0.4, 0.5) is 0 Å². The molecule has 5 heteroatoms. The Morgan fingerprint density at radius 3 is 2.32 bits per heavy atom. The third-order valence-electron chi connectivity index (χ3n) is 5.03. The second kappa shape index (κ2) is 8.36. The van der Waals surface area contributed by atoms with Crippen molar-refractivity contribution in [1.29, 1.82) is 0 Å². The Balaban J connectivity index is 2.05. The molecule has 2 aromatic rings. The second-order valence-corrected chi connectivity index (χ2v) is 8.51. The molecule has 0 bridgehead atoms. The fourth-order valence-electron chi connectivity index (χ4n) is 3.32. The van der Waals surface area contributed by atoms with Gasteiger partial charge in [0.15, 0.2) is 0 Å². The van der Waals surface area contributed by atoms with E-state index in [1.807, 2.05) is 23.1 Å². The number of hydrogen-bond acceptors (Lipinski definition) is 3. The van der Waals surface area contributed by atoms with E-state index in [0.717, 1.165) is 37.1 Å². The summed E-state index contributed by atoms with van der Waals surface area (Å²) in [4.78, 5) is 19.2. The van der Waals surface area contributed by atoms with Gasteiger partial charge >= 0.3 is 0 Å². The summed E-state index contributed by atoms with van der Waals surface area (Å²) >= 11 is 6.15. The van der Waals surface area contributed by atoms with Crippen molar-refractivity contribution in [2.75, 3.05) is 20.2 Å². The van der Waals surface area contributed by atoms with Crippen LogP contribution < -0.4 is 4.74 Å². The molecule has 1 fully saturated rings. The number of amides is 1. The van der Waals surface area contributed by atoms with Crippen molar-refractivity contribution in [3.63, 3.8) is 0 Å². The van der Waals surface area contributed by atoms with Crippen molar-refractivity contribution in [3.8, 4) is 5.88 Å². The minimum Gasteiger partial charge on any atom is -0.480 e. The van der Waals surface area contributed by atoms with Gasteiger partial charge in [-0.1, -0.05) is 56.6 Å². The lowest BCUT2D eigenvalue weighted by Crippen LogP contribution is -2.26. The lowest BCUT2D eigenvalue weighted by atomic mass is 9.86. The number of ether oxygens (including phenoxy) is 1. The van der Waals surface area contributed by atoms with Gasteiger partial charge in [0, 0.05) is 24.7 Å². The third-order valence-corrected chi connectivity index (χ3v) is 5.32. The van der Waals surface area contributed by atoms with Crippen LogP contribution in [0.1, 0.15) is 50.4 Å². The Morgan fingerprint density at radius 2 is 1.75 bits per heavy atom. The maximum atomic E-state index is 12.8. The van der Waals surface area contributed by atoms with Crippen LogP contribution in [0.5, 0.6) is 5.88 Å². The van der Waals surface area contributed by atoms with Crippen molar-refractivity contribution >= 4 is 23.1 Å². The molecule has 1 saturated heterocycles. The number of likely N-dealkylation sites (tertiary alicyclic amines) is 1. The molecule has 0 saturated carbocycles. The maximum Gasteiger partial charge on any atom is 0.247 e. The second-order valence-electron chi connectivity index (χ2n) is 8.11. The highest BCUT2D eigenvalue weighted by Gasteiger charge is 2.20. The van der Waals surface area contributed by atoms with E-state index in [1.54, 1.807) is 12.1 Å². The number of halogens is 1. The van der Waals surface area contributed by atoms with Gasteiger partial charge in [0.2, 0.25) is 11.8 Å². The molecular formula is C23H27ClN2O2. The molecule has 0 atom stereocenters. The van der Waals surface area contributed by atoms with Gasteiger partial charge in [-0.05, 0) is 41.5 Å². The van der Waals surface area contributed by atoms with E-state index >= 15 is 0 Å². The van der Waals surface area contributed by atoms with Gasteiger partial charge in [0.25, 0.3) is 0 Å². The van der Waals surface area contributed by atoms with Crippen LogP contribution in [0.2, 0.25) is 5.02 Å². The van der Waals surface area contributed by atoms with Crippen LogP contribution in [0.25, 0.3) is 5.57 Å². The van der Waals surface area contributed by atoms with Crippen molar-refractivity contribution in [2.24, 2.45) is 0 Å². The topological polar surface area (TPSA) is 42.4 Å². The van der Waals surface area contributed by atoms with Crippen molar-refractivity contribution < 1.29 is 9.53 Å². The third kappa shape index (κ3) is 4.56. The van der Waals surface area contributed by atoms with E-state index < -0.39 is 0 Å². The highest BCUT2D eigenvalue weighted by atomic mass is 35.5. The summed E-state index contributed by atoms with van der Waals surface area (Å²) in [5.41, 5.74) is 3.68. The molecule has 3 rings (SSSR count). The normalized spacial score (nSPS) is 15.0. The number of benzene rings is 1. The molecular weight excluding hydrogens is 372 g/mol. The minimum atomic E-state index is 0.0168. The average Bonchev–Trinajstić information content (AvgIpc) is 3.21. The molecule has 1 amide bonds. The Labute approximate surface area is 172 Å². The largest absolute Gasteiger partial charge is 0.480 e. The van der Waals surface area contributed by atoms with E-state index in [2.05, 4.69) is 37.9 Å². The molecule has 0 unspecified atom stereocenters. The molecule has 0 spiro atoms. The van der Waals surface area contributed by atoms with Gasteiger partial charge in [-0.3, -0.25) is 4.79 Å². The zero-order valence-electron chi connectivity index (χ0n) is 17.0. The Bertz CT molecular complexity index is 876. The van der Waals surface area contributed by atoms with Crippen molar-refractivity contribution in [1.82, 2.24) is 9.88 Å². The highest BCUT2D eigenvalue weighted by Crippen LogP contribution is 2.30. The van der Waals surface area contributed by atoms with Crippen molar-refractivity contribution in [3.05, 3.63) is 64.3 Å². The van der Waals surface area contributed by atoms with Gasteiger partial charge in [-0.15, -0.1) is 0 Å². The van der Waals surface area contributed by atoms with Gasteiger partial charge in [0.05, 0.1) is 12.8 Å². The molecule has 0 aliphatic carbocycles. The van der Waals surface area contributed by atoms with E-state index in [0.29, 0.717) is 16.6 Å². The van der Waals surface area contributed by atoms with Gasteiger partial charge in [0.1, 0.15) is 5.02 Å². The standard InChI is InChI=1S/C23H27ClN2O2/c1-23(2,3)17-9-7-16(8-10-17)18(15-21(27)26-13-5-6-14-26)20-12-11-19(24)22(25-20)28-4/h7-12,15H,5-6,13-14H2,1-4H3. The molecule has 1 aromatic carbocycles. The first-order chi connectivity index (χ1) is 13.3. The summed E-state index contributed by atoms with van der Waals surface area (Å²) in [5, 5.41) is 0.444. The summed E-state index contributed by atoms with van der Waals surface area (Å²) in [6.07, 6.45) is 3.80. The van der Waals surface area contributed by atoms with Gasteiger partial charge in [-0.25, -0.2) is 4.98 Å². The van der Waals surface area contributed by atoms with Crippen LogP contribution >= 0.6 is 11.6 Å². The predicted octanol–water partition coefficient (Wildman–Crippen LogP) is 5.10. The molecule has 1 aliphatic heterocycles. The van der Waals surface area contributed by atoms with E-state index in [9.17, 15) is 4.79 Å². The number of aromatic nitrogens is 1. The smallest absolute Gasteiger partial charge is 0.247 e. The summed E-state index contributed by atoms with van der Waals surface area (Å²) in [5.74, 6) is 0.369. The number of methoxy groups -OCH3 is 1. The van der Waals surface area contributed by atoms with Crippen LogP contribution in [-0.2, 0) is 10.2 Å². The predicted molar refractivity (Wildman–Crippen MR) is 114 cm³/mol. The summed E-state index contributed by atoms with van der Waals surface area (Å²) < 4.78 is 5.27. The molecule has 4 nitrogen and oxygen atoms in total. The highest BCUT2D eigenvalue weighted by molar-refractivity contribution is 6.31. The Hall–Kier alpha value is -2.33. The van der Waals surface area contributed by atoms with Crippen LogP contribution in [0.3, 0.4) is 0 Å². The molecule has 1 aliphatic rings. The van der Waals surface area contributed by atoms with E-state index in [-0.39, 0.29) is 11.3 Å². The lowest BCUT2D eigenvalue weighted by molar-refractivity contribution is -0.124.